The van der Waals surface area contributed by atoms with Crippen molar-refractivity contribution in [2.75, 3.05) is 26.2 Å². The smallest absolute Gasteiger partial charge is 0.253 e. The zero-order valence-electron chi connectivity index (χ0n) is 12.2. The van der Waals surface area contributed by atoms with Gasteiger partial charge in [-0.1, -0.05) is 0 Å². The fourth-order valence-corrected chi connectivity index (χ4v) is 2.79. The third kappa shape index (κ3) is 5.28. The first-order valence-electron chi connectivity index (χ1n) is 6.55. The zero-order chi connectivity index (χ0) is 15.2. The van der Waals surface area contributed by atoms with E-state index in [-0.39, 0.29) is 36.3 Å². The van der Waals surface area contributed by atoms with Crippen LogP contribution >= 0.6 is 12.4 Å². The van der Waals surface area contributed by atoms with Gasteiger partial charge in [-0.15, -0.1) is 12.4 Å². The van der Waals surface area contributed by atoms with E-state index in [4.69, 9.17) is 5.73 Å². The molecule has 0 saturated carbocycles. The number of hydrogen-bond acceptors (Lipinski definition) is 4. The van der Waals surface area contributed by atoms with Gasteiger partial charge in [0.15, 0.2) is 0 Å². The summed E-state index contributed by atoms with van der Waals surface area (Å²) in [6.45, 7) is 5.45. The van der Waals surface area contributed by atoms with Gasteiger partial charge in [-0.05, 0) is 38.1 Å². The largest absolute Gasteiger partial charge is 0.339 e. The van der Waals surface area contributed by atoms with Crippen LogP contribution in [0.4, 0.5) is 0 Å². The lowest BCUT2D eigenvalue weighted by Crippen LogP contribution is -2.31. The Hall–Kier alpha value is -1.15. The molecule has 0 unspecified atom stereocenters. The van der Waals surface area contributed by atoms with Crippen LogP contribution in [0.5, 0.6) is 0 Å². The number of halogens is 1. The topological polar surface area (TPSA) is 92.5 Å². The molecule has 3 N–H and O–H groups in total. The van der Waals surface area contributed by atoms with Crippen molar-refractivity contribution in [3.05, 3.63) is 29.8 Å². The van der Waals surface area contributed by atoms with Gasteiger partial charge in [0, 0.05) is 31.7 Å². The van der Waals surface area contributed by atoms with Gasteiger partial charge in [0.2, 0.25) is 10.0 Å². The molecule has 0 fully saturated rings. The summed E-state index contributed by atoms with van der Waals surface area (Å²) >= 11 is 0. The third-order valence-corrected chi connectivity index (χ3v) is 4.38. The van der Waals surface area contributed by atoms with E-state index in [1.807, 2.05) is 13.8 Å². The predicted molar refractivity (Wildman–Crippen MR) is 85.2 cm³/mol. The van der Waals surface area contributed by atoms with E-state index in [1.165, 1.54) is 24.3 Å². The van der Waals surface area contributed by atoms with E-state index < -0.39 is 10.0 Å². The molecule has 0 saturated heterocycles. The maximum atomic E-state index is 12.1. The minimum Gasteiger partial charge on any atom is -0.339 e. The van der Waals surface area contributed by atoms with E-state index in [2.05, 4.69) is 4.72 Å². The SMILES string of the molecule is CCN(CC)C(=O)c1ccc(S(=O)(=O)NCCN)cc1.Cl. The number of hydrogen-bond donors (Lipinski definition) is 2. The van der Waals surface area contributed by atoms with Gasteiger partial charge in [-0.25, -0.2) is 13.1 Å². The molecular formula is C13H22ClN3O3S. The van der Waals surface area contributed by atoms with E-state index in [9.17, 15) is 13.2 Å². The summed E-state index contributed by atoms with van der Waals surface area (Å²) in [5.74, 6) is -0.103. The van der Waals surface area contributed by atoms with Crippen LogP contribution in [-0.2, 0) is 10.0 Å². The molecule has 1 rings (SSSR count). The van der Waals surface area contributed by atoms with Crippen LogP contribution in [0.15, 0.2) is 29.2 Å². The third-order valence-electron chi connectivity index (χ3n) is 2.90. The molecular weight excluding hydrogens is 314 g/mol. The molecule has 120 valence electrons. The van der Waals surface area contributed by atoms with Gasteiger partial charge in [0.1, 0.15) is 0 Å². The number of nitrogens with zero attached hydrogens (tertiary/aromatic N) is 1. The fourth-order valence-electron chi connectivity index (χ4n) is 1.75. The first kappa shape index (κ1) is 19.9. The van der Waals surface area contributed by atoms with Crippen LogP contribution in [0.3, 0.4) is 0 Å². The van der Waals surface area contributed by atoms with Crippen molar-refractivity contribution in [1.82, 2.24) is 9.62 Å². The summed E-state index contributed by atoms with van der Waals surface area (Å²) in [5.41, 5.74) is 5.74. The predicted octanol–water partition coefficient (Wildman–Crippen LogP) is 0.827. The maximum absolute atomic E-state index is 12.1. The average molecular weight is 336 g/mol. The minimum absolute atomic E-state index is 0. The Morgan fingerprint density at radius 3 is 2.14 bits per heavy atom. The van der Waals surface area contributed by atoms with Crippen molar-refractivity contribution in [3.8, 4) is 0 Å². The lowest BCUT2D eigenvalue weighted by molar-refractivity contribution is 0.0773. The molecule has 0 aliphatic rings. The van der Waals surface area contributed by atoms with Crippen molar-refractivity contribution in [3.63, 3.8) is 0 Å². The molecule has 0 heterocycles. The summed E-state index contributed by atoms with van der Waals surface area (Å²) in [6, 6.07) is 5.90. The number of sulfonamides is 1. The Balaban J connectivity index is 0.00000400. The number of carbonyl (C=O) groups excluding carboxylic acids is 1. The summed E-state index contributed by atoms with van der Waals surface area (Å²) in [5, 5.41) is 0. The van der Waals surface area contributed by atoms with Crippen LogP contribution in [0.25, 0.3) is 0 Å². The van der Waals surface area contributed by atoms with Gasteiger partial charge in [0.05, 0.1) is 4.90 Å². The second kappa shape index (κ2) is 8.99. The van der Waals surface area contributed by atoms with Gasteiger partial charge < -0.3 is 10.6 Å². The number of amides is 1. The average Bonchev–Trinajstić information content (AvgIpc) is 2.46. The van der Waals surface area contributed by atoms with E-state index >= 15 is 0 Å². The number of benzene rings is 1. The first-order chi connectivity index (χ1) is 9.46. The van der Waals surface area contributed by atoms with Crippen molar-refractivity contribution >= 4 is 28.3 Å². The lowest BCUT2D eigenvalue weighted by atomic mass is 10.2. The Morgan fingerprint density at radius 2 is 1.71 bits per heavy atom. The van der Waals surface area contributed by atoms with E-state index in [1.54, 1.807) is 4.90 Å². The van der Waals surface area contributed by atoms with Gasteiger partial charge in [-0.3, -0.25) is 4.79 Å². The highest BCUT2D eigenvalue weighted by molar-refractivity contribution is 7.89. The highest BCUT2D eigenvalue weighted by Crippen LogP contribution is 2.12. The molecule has 0 bridgehead atoms. The summed E-state index contributed by atoms with van der Waals surface area (Å²) < 4.78 is 26.1. The Labute approximate surface area is 132 Å². The van der Waals surface area contributed by atoms with Crippen molar-refractivity contribution in [2.45, 2.75) is 18.7 Å². The molecule has 0 aromatic heterocycles. The quantitative estimate of drug-likeness (QED) is 0.771. The Morgan fingerprint density at radius 1 is 1.19 bits per heavy atom. The summed E-state index contributed by atoms with van der Waals surface area (Å²) in [4.78, 5) is 13.9. The summed E-state index contributed by atoms with van der Waals surface area (Å²) in [6.07, 6.45) is 0. The molecule has 6 nitrogen and oxygen atoms in total. The Kier molecular flexibility index (Phi) is 8.50. The monoisotopic (exact) mass is 335 g/mol. The van der Waals surface area contributed by atoms with Gasteiger partial charge in [-0.2, -0.15) is 0 Å². The number of carbonyl (C=O) groups is 1. The van der Waals surface area contributed by atoms with Crippen LogP contribution in [0.1, 0.15) is 24.2 Å². The molecule has 0 atom stereocenters. The van der Waals surface area contributed by atoms with Crippen molar-refractivity contribution in [2.24, 2.45) is 5.73 Å². The maximum Gasteiger partial charge on any atom is 0.253 e. The lowest BCUT2D eigenvalue weighted by Gasteiger charge is -2.18. The van der Waals surface area contributed by atoms with Crippen LogP contribution in [0, 0.1) is 0 Å². The normalized spacial score (nSPS) is 10.8. The zero-order valence-corrected chi connectivity index (χ0v) is 13.8. The van der Waals surface area contributed by atoms with E-state index in [0.717, 1.165) is 0 Å². The molecule has 0 radical (unpaired) electrons. The van der Waals surface area contributed by atoms with Crippen molar-refractivity contribution < 1.29 is 13.2 Å². The number of nitrogens with two attached hydrogens (primary N) is 1. The molecule has 0 aliphatic carbocycles. The van der Waals surface area contributed by atoms with Gasteiger partial charge in [0.25, 0.3) is 5.91 Å². The fraction of sp³-hybridized carbons (Fsp3) is 0.462. The molecule has 1 aromatic carbocycles. The highest BCUT2D eigenvalue weighted by atomic mass is 35.5. The second-order valence-electron chi connectivity index (χ2n) is 4.19. The molecule has 0 aliphatic heterocycles. The molecule has 21 heavy (non-hydrogen) atoms. The van der Waals surface area contributed by atoms with Crippen molar-refractivity contribution in [1.29, 1.82) is 0 Å². The second-order valence-corrected chi connectivity index (χ2v) is 5.96. The molecule has 1 amide bonds. The van der Waals surface area contributed by atoms with E-state index in [0.29, 0.717) is 18.7 Å². The van der Waals surface area contributed by atoms with Crippen LogP contribution in [0.2, 0.25) is 0 Å². The van der Waals surface area contributed by atoms with Gasteiger partial charge >= 0.3 is 0 Å². The first-order valence-corrected chi connectivity index (χ1v) is 8.03. The van der Waals surface area contributed by atoms with Crippen LogP contribution < -0.4 is 10.5 Å². The number of nitrogens with one attached hydrogen (secondary N) is 1. The standard InChI is InChI=1S/C13H21N3O3S.ClH/c1-3-16(4-2)13(17)11-5-7-12(8-6-11)20(18,19)15-10-9-14;/h5-8,15H,3-4,9-10,14H2,1-2H3;1H. The highest BCUT2D eigenvalue weighted by Gasteiger charge is 2.16. The molecule has 8 heteroatoms. The minimum atomic E-state index is -3.55. The number of rotatable bonds is 7. The summed E-state index contributed by atoms with van der Waals surface area (Å²) in [7, 11) is -3.55. The van der Waals surface area contributed by atoms with Crippen LogP contribution in [-0.4, -0.2) is 45.4 Å². The molecule has 1 aromatic rings. The molecule has 0 spiro atoms. The Bertz CT molecular complexity index is 542.